The molecule has 0 amide bonds. The predicted octanol–water partition coefficient (Wildman–Crippen LogP) is 6.00. The minimum Gasteiger partial charge on any atom is -0.380 e. The summed E-state index contributed by atoms with van der Waals surface area (Å²) < 4.78 is 1.30. The molecule has 3 rings (SSSR count). The summed E-state index contributed by atoms with van der Waals surface area (Å²) in [5.74, 6) is 0. The van der Waals surface area contributed by atoms with Gasteiger partial charge in [-0.05, 0) is 70.1 Å². The molecule has 3 aromatic rings. The topological polar surface area (TPSA) is 12.0 Å². The van der Waals surface area contributed by atoms with Crippen molar-refractivity contribution in [1.29, 1.82) is 0 Å². The van der Waals surface area contributed by atoms with Crippen molar-refractivity contribution in [3.05, 3.63) is 61.2 Å². The predicted molar refractivity (Wildman–Crippen MR) is 98.9 cm³/mol. The molecule has 0 fully saturated rings. The Morgan fingerprint density at radius 1 is 1.15 bits per heavy atom. The molecule has 4 heteroatoms. The van der Waals surface area contributed by atoms with Gasteiger partial charge in [-0.3, -0.25) is 0 Å². The van der Waals surface area contributed by atoms with E-state index in [2.05, 4.69) is 82.0 Å². The van der Waals surface area contributed by atoms with E-state index in [1.165, 1.54) is 30.1 Å². The van der Waals surface area contributed by atoms with Gasteiger partial charge in [0.2, 0.25) is 0 Å². The van der Waals surface area contributed by atoms with Gasteiger partial charge in [-0.2, -0.15) is 0 Å². The minimum atomic E-state index is 0.884. The van der Waals surface area contributed by atoms with Crippen molar-refractivity contribution < 1.29 is 0 Å². The van der Waals surface area contributed by atoms with Gasteiger partial charge in [0.25, 0.3) is 0 Å². The molecule has 1 aromatic carbocycles. The first kappa shape index (κ1) is 14.1. The average Bonchev–Trinajstić information content (AvgIpc) is 3.09. The molecule has 1 nitrogen and oxygen atoms in total. The van der Waals surface area contributed by atoms with E-state index in [1.54, 1.807) is 11.3 Å². The number of hydrogen-bond acceptors (Lipinski definition) is 3. The zero-order valence-corrected chi connectivity index (χ0v) is 14.8. The molecule has 102 valence electrons. The summed E-state index contributed by atoms with van der Waals surface area (Å²) in [7, 11) is 0. The highest BCUT2D eigenvalue weighted by Crippen LogP contribution is 2.29. The SMILES string of the molecule is Cc1ccc(NCc2cc(-c3cccs3)cs2)cc1I. The summed E-state index contributed by atoms with van der Waals surface area (Å²) in [6.07, 6.45) is 0. The quantitative estimate of drug-likeness (QED) is 0.519. The van der Waals surface area contributed by atoms with E-state index < -0.39 is 0 Å². The molecule has 20 heavy (non-hydrogen) atoms. The third-order valence-corrected chi connectivity index (χ3v) is 6.12. The molecular weight excluding hydrogens is 397 g/mol. The number of halogens is 1. The van der Waals surface area contributed by atoms with Crippen LogP contribution in [0.25, 0.3) is 10.4 Å². The highest BCUT2D eigenvalue weighted by Gasteiger charge is 2.04. The standard InChI is InChI=1S/C16H14INS2/c1-11-4-5-13(8-15(11)17)18-9-14-7-12(10-20-14)16-3-2-6-19-16/h2-8,10,18H,9H2,1H3. The van der Waals surface area contributed by atoms with Crippen molar-refractivity contribution in [1.82, 2.24) is 0 Å². The van der Waals surface area contributed by atoms with Gasteiger partial charge in [0.05, 0.1) is 0 Å². The molecule has 0 radical (unpaired) electrons. The van der Waals surface area contributed by atoms with Crippen molar-refractivity contribution in [2.24, 2.45) is 0 Å². The van der Waals surface area contributed by atoms with E-state index in [0.29, 0.717) is 0 Å². The lowest BCUT2D eigenvalue weighted by Gasteiger charge is -2.06. The van der Waals surface area contributed by atoms with Crippen LogP contribution >= 0.6 is 45.3 Å². The van der Waals surface area contributed by atoms with Crippen LogP contribution in [-0.4, -0.2) is 0 Å². The summed E-state index contributed by atoms with van der Waals surface area (Å²) in [6, 6.07) is 13.1. The van der Waals surface area contributed by atoms with E-state index in [0.717, 1.165) is 6.54 Å². The Bertz CT molecular complexity index is 701. The summed E-state index contributed by atoms with van der Waals surface area (Å²) in [5.41, 5.74) is 3.85. The molecule has 0 aliphatic heterocycles. The number of hydrogen-bond donors (Lipinski definition) is 1. The number of benzene rings is 1. The van der Waals surface area contributed by atoms with E-state index >= 15 is 0 Å². The fourth-order valence-electron chi connectivity index (χ4n) is 1.94. The Morgan fingerprint density at radius 3 is 2.80 bits per heavy atom. The van der Waals surface area contributed by atoms with Gasteiger partial charge in [-0.15, -0.1) is 22.7 Å². The van der Waals surface area contributed by atoms with Crippen molar-refractivity contribution in [3.8, 4) is 10.4 Å². The van der Waals surface area contributed by atoms with Crippen LogP contribution in [0.2, 0.25) is 0 Å². The fraction of sp³-hybridized carbons (Fsp3) is 0.125. The molecule has 0 atom stereocenters. The normalized spacial score (nSPS) is 10.7. The van der Waals surface area contributed by atoms with Gasteiger partial charge in [0, 0.05) is 31.1 Å². The zero-order valence-electron chi connectivity index (χ0n) is 11.0. The van der Waals surface area contributed by atoms with Crippen molar-refractivity contribution in [2.45, 2.75) is 13.5 Å². The first-order chi connectivity index (χ1) is 9.72. The van der Waals surface area contributed by atoms with Crippen LogP contribution < -0.4 is 5.32 Å². The van der Waals surface area contributed by atoms with Crippen LogP contribution in [-0.2, 0) is 6.54 Å². The average molecular weight is 411 g/mol. The third kappa shape index (κ3) is 3.24. The van der Waals surface area contributed by atoms with Gasteiger partial charge in [-0.25, -0.2) is 0 Å². The molecule has 0 saturated carbocycles. The molecule has 0 saturated heterocycles. The number of thiophene rings is 2. The lowest BCUT2D eigenvalue weighted by Crippen LogP contribution is -1.97. The highest BCUT2D eigenvalue weighted by atomic mass is 127. The van der Waals surface area contributed by atoms with Gasteiger partial charge in [0.15, 0.2) is 0 Å². The zero-order chi connectivity index (χ0) is 13.9. The lowest BCUT2D eigenvalue weighted by molar-refractivity contribution is 1.19. The van der Waals surface area contributed by atoms with Gasteiger partial charge >= 0.3 is 0 Å². The van der Waals surface area contributed by atoms with E-state index in [9.17, 15) is 0 Å². The molecule has 0 unspecified atom stereocenters. The number of anilines is 1. The maximum atomic E-state index is 3.50. The summed E-state index contributed by atoms with van der Waals surface area (Å²) in [4.78, 5) is 2.71. The Morgan fingerprint density at radius 2 is 2.05 bits per heavy atom. The number of rotatable bonds is 4. The van der Waals surface area contributed by atoms with Crippen LogP contribution in [0.1, 0.15) is 10.4 Å². The molecule has 0 bridgehead atoms. The Labute approximate surface area is 140 Å². The molecule has 0 aliphatic rings. The van der Waals surface area contributed by atoms with Crippen molar-refractivity contribution >= 4 is 51.0 Å². The smallest absolute Gasteiger partial charge is 0.0494 e. The minimum absolute atomic E-state index is 0.884. The summed E-state index contributed by atoms with van der Waals surface area (Å²) >= 11 is 5.99. The first-order valence-corrected chi connectivity index (χ1v) is 9.17. The van der Waals surface area contributed by atoms with Crippen LogP contribution in [0.4, 0.5) is 5.69 Å². The monoisotopic (exact) mass is 411 g/mol. The molecule has 1 N–H and O–H groups in total. The first-order valence-electron chi connectivity index (χ1n) is 6.34. The molecule has 0 aliphatic carbocycles. The fourth-order valence-corrected chi connectivity index (χ4v) is 4.07. The third-order valence-electron chi connectivity index (χ3n) is 3.10. The second kappa shape index (κ2) is 6.28. The Kier molecular flexibility index (Phi) is 4.43. The Hall–Kier alpha value is -0.850. The van der Waals surface area contributed by atoms with Gasteiger partial charge in [0.1, 0.15) is 0 Å². The van der Waals surface area contributed by atoms with Crippen LogP contribution in [0.3, 0.4) is 0 Å². The van der Waals surface area contributed by atoms with Crippen LogP contribution in [0.5, 0.6) is 0 Å². The van der Waals surface area contributed by atoms with Crippen LogP contribution in [0.15, 0.2) is 47.2 Å². The summed E-state index contributed by atoms with van der Waals surface area (Å²) in [5, 5.41) is 7.86. The second-order valence-electron chi connectivity index (χ2n) is 4.60. The molecule has 0 spiro atoms. The summed E-state index contributed by atoms with van der Waals surface area (Å²) in [6.45, 7) is 3.02. The number of nitrogens with one attached hydrogen (secondary N) is 1. The van der Waals surface area contributed by atoms with E-state index in [4.69, 9.17) is 0 Å². The van der Waals surface area contributed by atoms with E-state index in [1.807, 2.05) is 11.3 Å². The highest BCUT2D eigenvalue weighted by molar-refractivity contribution is 14.1. The van der Waals surface area contributed by atoms with Crippen molar-refractivity contribution in [2.75, 3.05) is 5.32 Å². The van der Waals surface area contributed by atoms with Gasteiger partial charge < -0.3 is 5.32 Å². The lowest BCUT2D eigenvalue weighted by atomic mass is 10.2. The van der Waals surface area contributed by atoms with Gasteiger partial charge in [-0.1, -0.05) is 12.1 Å². The van der Waals surface area contributed by atoms with Crippen LogP contribution in [0, 0.1) is 10.5 Å². The largest absolute Gasteiger partial charge is 0.380 e. The number of aryl methyl sites for hydroxylation is 1. The molecular formula is C16H14INS2. The Balaban J connectivity index is 1.68. The second-order valence-corrected chi connectivity index (χ2v) is 7.70. The maximum absolute atomic E-state index is 3.50. The molecule has 2 aromatic heterocycles. The maximum Gasteiger partial charge on any atom is 0.0494 e. The molecule has 2 heterocycles. The van der Waals surface area contributed by atoms with Crippen molar-refractivity contribution in [3.63, 3.8) is 0 Å². The van der Waals surface area contributed by atoms with E-state index in [-0.39, 0.29) is 0 Å².